The third-order valence-corrected chi connectivity index (χ3v) is 12.5. The fraction of sp³-hybridized carbons (Fsp3) is 0. The lowest BCUT2D eigenvalue weighted by molar-refractivity contribution is 1.03. The fourth-order valence-corrected chi connectivity index (χ4v) is 10.1. The predicted octanol–water partition coefficient (Wildman–Crippen LogP) is 13.1. The first kappa shape index (κ1) is 28.5. The van der Waals surface area contributed by atoms with E-state index in [0.717, 1.165) is 5.82 Å². The maximum atomic E-state index is 5.04. The zero-order chi connectivity index (χ0) is 33.6. The summed E-state index contributed by atoms with van der Waals surface area (Å²) in [4.78, 5) is 7.52. The Morgan fingerprint density at radius 2 is 0.922 bits per heavy atom. The van der Waals surface area contributed by atoms with E-state index >= 15 is 0 Å². The average molecular weight is 667 g/mol. The van der Waals surface area contributed by atoms with Gasteiger partial charge < -0.3 is 0 Å². The van der Waals surface area contributed by atoms with Crippen LogP contribution in [0.2, 0.25) is 0 Å². The first-order valence-corrected chi connectivity index (χ1v) is 18.7. The van der Waals surface area contributed by atoms with Crippen LogP contribution in [-0.4, -0.2) is 15.4 Å². The molecule has 10 aromatic rings. The SMILES string of the molecule is C=S1c2ccc(-c3cccc(-c4ccc5c6ccccc6c6ccccc6c5c4)c3)cc2-c2ccnc(-n3c4ccccc4c4ccccc43)c21. The molecular formula is C48H30N2S. The number of aromatic nitrogens is 2. The Bertz CT molecular complexity index is 3020. The van der Waals surface area contributed by atoms with Gasteiger partial charge in [-0.1, -0.05) is 127 Å². The lowest BCUT2D eigenvalue weighted by atomic mass is 9.91. The molecule has 238 valence electrons. The first-order valence-electron chi connectivity index (χ1n) is 17.3. The Morgan fingerprint density at radius 1 is 0.412 bits per heavy atom. The van der Waals surface area contributed by atoms with Crippen LogP contribution in [0, 0.1) is 0 Å². The molecule has 2 nitrogen and oxygen atoms in total. The van der Waals surface area contributed by atoms with E-state index in [2.05, 4.69) is 168 Å². The van der Waals surface area contributed by atoms with Gasteiger partial charge in [0, 0.05) is 27.4 Å². The third-order valence-electron chi connectivity index (χ3n) is 10.7. The van der Waals surface area contributed by atoms with E-state index < -0.39 is 0 Å². The molecule has 0 amide bonds. The van der Waals surface area contributed by atoms with Gasteiger partial charge in [0.15, 0.2) is 5.82 Å². The molecule has 3 heteroatoms. The maximum Gasteiger partial charge on any atom is 0.151 e. The minimum atomic E-state index is -0.372. The molecule has 0 bridgehead atoms. The number of hydrogen-bond donors (Lipinski definition) is 0. The Kier molecular flexibility index (Phi) is 6.07. The van der Waals surface area contributed by atoms with E-state index in [4.69, 9.17) is 10.9 Å². The highest BCUT2D eigenvalue weighted by molar-refractivity contribution is 8.14. The van der Waals surface area contributed by atoms with Gasteiger partial charge in [-0.3, -0.25) is 4.57 Å². The molecule has 1 aliphatic heterocycles. The van der Waals surface area contributed by atoms with Crippen LogP contribution in [0.25, 0.3) is 93.3 Å². The van der Waals surface area contributed by atoms with Gasteiger partial charge >= 0.3 is 0 Å². The van der Waals surface area contributed by atoms with E-state index in [0.29, 0.717) is 0 Å². The van der Waals surface area contributed by atoms with Crippen molar-refractivity contribution in [1.82, 2.24) is 9.55 Å². The normalized spacial score (nSPS) is 13.8. The van der Waals surface area contributed by atoms with Crippen molar-refractivity contribution >= 4 is 70.5 Å². The lowest BCUT2D eigenvalue weighted by Crippen LogP contribution is -1.99. The number of rotatable bonds is 3. The maximum absolute atomic E-state index is 5.04. The van der Waals surface area contributed by atoms with E-state index in [1.54, 1.807) is 0 Å². The molecule has 2 aromatic heterocycles. The number of benzene rings is 8. The molecule has 0 saturated carbocycles. The predicted molar refractivity (Wildman–Crippen MR) is 219 cm³/mol. The standard InChI is InChI=1S/C48H30N2S/c1-51-46-24-22-33(29-43(46)41-25-26-49-48(47(41)51)50-44-19-8-6-17-39(44)40-18-7-9-20-45(40)50)31-12-10-11-30(27-31)32-21-23-38-36-15-3-2-13-34(36)35-14-4-5-16-37(35)42(38)28-32/h2-29H,1H2. The molecule has 8 aromatic carbocycles. The van der Waals surface area contributed by atoms with E-state index in [-0.39, 0.29) is 10.5 Å². The summed E-state index contributed by atoms with van der Waals surface area (Å²) < 4.78 is 2.33. The highest BCUT2D eigenvalue weighted by atomic mass is 32.2. The number of para-hydroxylation sites is 2. The lowest BCUT2D eigenvalue weighted by Gasteiger charge is -2.13. The summed E-state index contributed by atoms with van der Waals surface area (Å²) in [6.45, 7) is 0. The second-order valence-corrected chi connectivity index (χ2v) is 15.0. The van der Waals surface area contributed by atoms with Crippen LogP contribution < -0.4 is 0 Å². The van der Waals surface area contributed by atoms with Crippen LogP contribution in [0.4, 0.5) is 0 Å². The van der Waals surface area contributed by atoms with Gasteiger partial charge in [0.2, 0.25) is 0 Å². The Hall–Kier alpha value is -6.29. The van der Waals surface area contributed by atoms with Crippen LogP contribution >= 0.6 is 10.5 Å². The Balaban J connectivity index is 1.04. The summed E-state index contributed by atoms with van der Waals surface area (Å²) in [5, 5.41) is 10.2. The highest BCUT2D eigenvalue weighted by Crippen LogP contribution is 2.55. The summed E-state index contributed by atoms with van der Waals surface area (Å²) in [7, 11) is -0.372. The second kappa shape index (κ2) is 10.9. The largest absolute Gasteiger partial charge is 0.293 e. The summed E-state index contributed by atoms with van der Waals surface area (Å²) in [6.07, 6.45) is 1.96. The van der Waals surface area contributed by atoms with Crippen molar-refractivity contribution < 1.29 is 0 Å². The molecule has 0 radical (unpaired) electrons. The third kappa shape index (κ3) is 4.13. The van der Waals surface area contributed by atoms with Crippen LogP contribution in [0.5, 0.6) is 0 Å². The Labute approximate surface area is 297 Å². The van der Waals surface area contributed by atoms with Crippen LogP contribution in [0.1, 0.15) is 0 Å². The summed E-state index contributed by atoms with van der Waals surface area (Å²) >= 11 is 0. The molecule has 1 aliphatic rings. The summed E-state index contributed by atoms with van der Waals surface area (Å²) in [6, 6.07) is 59.8. The van der Waals surface area contributed by atoms with Crippen molar-refractivity contribution in [3.05, 3.63) is 170 Å². The smallest absolute Gasteiger partial charge is 0.151 e. The number of pyridine rings is 1. The molecule has 1 atom stereocenters. The molecule has 0 saturated heterocycles. The molecule has 1 unspecified atom stereocenters. The zero-order valence-corrected chi connectivity index (χ0v) is 28.5. The van der Waals surface area contributed by atoms with Crippen molar-refractivity contribution in [3.63, 3.8) is 0 Å². The minimum Gasteiger partial charge on any atom is -0.293 e. The molecule has 0 aliphatic carbocycles. The van der Waals surface area contributed by atoms with Crippen LogP contribution in [0.15, 0.2) is 180 Å². The molecule has 11 rings (SSSR count). The van der Waals surface area contributed by atoms with Gasteiger partial charge in [-0.05, 0) is 103 Å². The van der Waals surface area contributed by atoms with E-state index in [1.165, 1.54) is 97.3 Å². The van der Waals surface area contributed by atoms with E-state index in [1.807, 2.05) is 6.20 Å². The van der Waals surface area contributed by atoms with Gasteiger partial charge in [0.25, 0.3) is 0 Å². The first-order chi connectivity index (χ1) is 25.2. The van der Waals surface area contributed by atoms with Gasteiger partial charge in [-0.15, -0.1) is 10.5 Å². The second-order valence-electron chi connectivity index (χ2n) is 13.4. The summed E-state index contributed by atoms with van der Waals surface area (Å²) in [5.74, 6) is 5.72. The number of nitrogens with zero attached hydrogens (tertiary/aromatic N) is 2. The number of hydrogen-bond acceptors (Lipinski definition) is 1. The average Bonchev–Trinajstić information content (AvgIpc) is 3.69. The molecule has 0 spiro atoms. The zero-order valence-electron chi connectivity index (χ0n) is 27.7. The van der Waals surface area contributed by atoms with Crippen LogP contribution in [-0.2, 0) is 0 Å². The minimum absolute atomic E-state index is 0.372. The van der Waals surface area contributed by atoms with Crippen molar-refractivity contribution in [2.75, 3.05) is 0 Å². The highest BCUT2D eigenvalue weighted by Gasteiger charge is 2.27. The van der Waals surface area contributed by atoms with Gasteiger partial charge in [0.1, 0.15) is 0 Å². The van der Waals surface area contributed by atoms with Crippen molar-refractivity contribution in [1.29, 1.82) is 0 Å². The Morgan fingerprint density at radius 3 is 1.57 bits per heavy atom. The van der Waals surface area contributed by atoms with Gasteiger partial charge in [0.05, 0.1) is 15.9 Å². The van der Waals surface area contributed by atoms with E-state index in [9.17, 15) is 0 Å². The van der Waals surface area contributed by atoms with Crippen molar-refractivity contribution in [3.8, 4) is 39.2 Å². The van der Waals surface area contributed by atoms with Crippen molar-refractivity contribution in [2.45, 2.75) is 9.79 Å². The molecule has 3 heterocycles. The molecular weight excluding hydrogens is 637 g/mol. The summed E-state index contributed by atoms with van der Waals surface area (Å²) in [5.41, 5.74) is 9.64. The quantitative estimate of drug-likeness (QED) is 0.136. The number of fused-ring (bicyclic) bond motifs is 12. The van der Waals surface area contributed by atoms with Crippen LogP contribution in [0.3, 0.4) is 0 Å². The fourth-order valence-electron chi connectivity index (χ4n) is 8.41. The van der Waals surface area contributed by atoms with Gasteiger partial charge in [-0.2, -0.15) is 0 Å². The van der Waals surface area contributed by atoms with Gasteiger partial charge in [-0.25, -0.2) is 4.98 Å². The molecule has 0 fully saturated rings. The monoisotopic (exact) mass is 666 g/mol. The topological polar surface area (TPSA) is 17.8 Å². The molecule has 51 heavy (non-hydrogen) atoms. The van der Waals surface area contributed by atoms with Crippen molar-refractivity contribution in [2.24, 2.45) is 0 Å². The molecule has 0 N–H and O–H groups in total.